The number of nitrogens with one attached hydrogen (secondary N) is 1. The molecule has 2 heterocycles. The molecule has 1 atom stereocenters. The number of hydrogen-bond donors (Lipinski definition) is 2. The number of benzene rings is 1. The predicted molar refractivity (Wildman–Crippen MR) is 110 cm³/mol. The monoisotopic (exact) mass is 400 g/mol. The molecule has 0 amide bonds. The van der Waals surface area contributed by atoms with E-state index >= 15 is 0 Å². The van der Waals surface area contributed by atoms with Gasteiger partial charge in [-0.05, 0) is 49.2 Å². The van der Waals surface area contributed by atoms with Gasteiger partial charge in [0.2, 0.25) is 5.82 Å². The maximum absolute atomic E-state index is 10.0. The number of nitrogens with zero attached hydrogens (tertiary/aromatic N) is 3. The quantitative estimate of drug-likeness (QED) is 0.509. The second kappa shape index (κ2) is 10.1. The van der Waals surface area contributed by atoms with E-state index < -0.39 is 6.10 Å². The summed E-state index contributed by atoms with van der Waals surface area (Å²) in [6.07, 6.45) is 1.03. The van der Waals surface area contributed by atoms with Crippen molar-refractivity contribution in [2.24, 2.45) is 5.92 Å². The van der Waals surface area contributed by atoms with Gasteiger partial charge in [-0.25, -0.2) is 4.68 Å². The fourth-order valence-corrected chi connectivity index (χ4v) is 2.68. The Hall–Kier alpha value is -2.84. The van der Waals surface area contributed by atoms with Crippen LogP contribution in [0.5, 0.6) is 6.01 Å². The first-order valence-corrected chi connectivity index (χ1v) is 9.80. The van der Waals surface area contributed by atoms with E-state index in [2.05, 4.69) is 29.2 Å². The Bertz CT molecular complexity index is 859. The number of aliphatic hydroxyl groups is 1. The van der Waals surface area contributed by atoms with Crippen LogP contribution >= 0.6 is 0 Å². The lowest BCUT2D eigenvalue weighted by atomic mass is 10.2. The normalized spacial score (nSPS) is 12.3. The smallest absolute Gasteiger partial charge is 0.336 e. The molecule has 3 aromatic rings. The number of ether oxygens (including phenoxy) is 2. The second-order valence-electron chi connectivity index (χ2n) is 7.05. The molecule has 156 valence electrons. The van der Waals surface area contributed by atoms with Gasteiger partial charge >= 0.3 is 6.01 Å². The zero-order valence-electron chi connectivity index (χ0n) is 17.0. The topological polar surface area (TPSA) is 94.6 Å². The van der Waals surface area contributed by atoms with Gasteiger partial charge < -0.3 is 24.3 Å². The highest BCUT2D eigenvalue weighted by atomic mass is 16.5. The van der Waals surface area contributed by atoms with Crippen molar-refractivity contribution >= 4 is 5.69 Å². The lowest BCUT2D eigenvalue weighted by molar-refractivity contribution is 0.0318. The van der Waals surface area contributed by atoms with Gasteiger partial charge in [-0.1, -0.05) is 13.8 Å². The lowest BCUT2D eigenvalue weighted by Crippen LogP contribution is -2.25. The van der Waals surface area contributed by atoms with Crippen molar-refractivity contribution in [3.63, 3.8) is 0 Å². The molecule has 2 N–H and O–H groups in total. The van der Waals surface area contributed by atoms with Crippen LogP contribution in [-0.4, -0.2) is 52.3 Å². The summed E-state index contributed by atoms with van der Waals surface area (Å²) >= 11 is 0. The van der Waals surface area contributed by atoms with Crippen LogP contribution in [0.4, 0.5) is 5.69 Å². The number of hydrogen-bond acceptors (Lipinski definition) is 7. The Morgan fingerprint density at radius 2 is 1.97 bits per heavy atom. The molecule has 0 spiro atoms. The minimum Gasteiger partial charge on any atom is -0.463 e. The van der Waals surface area contributed by atoms with Crippen molar-refractivity contribution in [1.82, 2.24) is 14.8 Å². The Balaban J connectivity index is 1.66. The number of aromatic nitrogens is 3. The van der Waals surface area contributed by atoms with Crippen molar-refractivity contribution in [1.29, 1.82) is 0 Å². The van der Waals surface area contributed by atoms with Crippen molar-refractivity contribution in [2.75, 3.05) is 31.7 Å². The lowest BCUT2D eigenvalue weighted by Gasteiger charge is -2.14. The number of furan rings is 1. The number of rotatable bonds is 11. The summed E-state index contributed by atoms with van der Waals surface area (Å²) in [4.78, 5) is 4.41. The number of anilines is 1. The van der Waals surface area contributed by atoms with Crippen LogP contribution in [0, 0.1) is 5.92 Å². The summed E-state index contributed by atoms with van der Waals surface area (Å²) in [5.74, 6) is 1.63. The maximum atomic E-state index is 10.0. The molecular formula is C21H28N4O4. The molecule has 0 aliphatic rings. The molecule has 8 nitrogen and oxygen atoms in total. The molecule has 8 heteroatoms. The Morgan fingerprint density at radius 3 is 2.62 bits per heavy atom. The van der Waals surface area contributed by atoms with Crippen molar-refractivity contribution < 1.29 is 19.0 Å². The van der Waals surface area contributed by atoms with E-state index in [0.717, 1.165) is 11.4 Å². The fourth-order valence-electron chi connectivity index (χ4n) is 2.68. The van der Waals surface area contributed by atoms with Crippen LogP contribution in [-0.2, 0) is 4.74 Å². The summed E-state index contributed by atoms with van der Waals surface area (Å²) in [5.41, 5.74) is 1.71. The molecule has 2 aromatic heterocycles. The van der Waals surface area contributed by atoms with Crippen LogP contribution in [0.2, 0.25) is 0 Å². The van der Waals surface area contributed by atoms with Crippen LogP contribution < -0.4 is 10.1 Å². The highest BCUT2D eigenvalue weighted by Gasteiger charge is 2.16. The van der Waals surface area contributed by atoms with Gasteiger partial charge in [0, 0.05) is 18.8 Å². The second-order valence-corrected chi connectivity index (χ2v) is 7.05. The third kappa shape index (κ3) is 5.82. The van der Waals surface area contributed by atoms with Gasteiger partial charge in [0.1, 0.15) is 0 Å². The molecule has 29 heavy (non-hydrogen) atoms. The summed E-state index contributed by atoms with van der Waals surface area (Å²) < 4.78 is 18.1. The summed E-state index contributed by atoms with van der Waals surface area (Å²) in [7, 11) is 0. The van der Waals surface area contributed by atoms with E-state index in [0.29, 0.717) is 49.9 Å². The molecule has 0 aliphatic carbocycles. The minimum absolute atomic E-state index is 0.297. The standard InChI is InChI=1S/C21H28N4O4/c1-4-28-21-23-20(19-6-5-11-29-19)25(24-21)17-9-7-16(8-10-17)22-12-18(26)14-27-13-15(2)3/h5-11,15,18,22,26H,4,12-14H2,1-3H3. The average Bonchev–Trinajstić information content (AvgIpc) is 3.36. The third-order valence-corrected chi connectivity index (χ3v) is 4.02. The predicted octanol–water partition coefficient (Wildman–Crippen LogP) is 3.37. The maximum Gasteiger partial charge on any atom is 0.336 e. The number of aliphatic hydroxyl groups excluding tert-OH is 1. The van der Waals surface area contributed by atoms with Crippen molar-refractivity contribution in [2.45, 2.75) is 26.9 Å². The summed E-state index contributed by atoms with van der Waals surface area (Å²) in [5, 5.41) is 17.7. The van der Waals surface area contributed by atoms with E-state index in [1.807, 2.05) is 37.3 Å². The van der Waals surface area contributed by atoms with Crippen LogP contribution in [0.25, 0.3) is 17.3 Å². The Kier molecular flexibility index (Phi) is 7.26. The van der Waals surface area contributed by atoms with Crippen molar-refractivity contribution in [3.8, 4) is 23.3 Å². The van der Waals surface area contributed by atoms with Gasteiger partial charge in [-0.15, -0.1) is 5.10 Å². The van der Waals surface area contributed by atoms with Gasteiger partial charge in [0.15, 0.2) is 5.76 Å². The van der Waals surface area contributed by atoms with E-state index in [9.17, 15) is 5.11 Å². The molecule has 3 rings (SSSR count). The van der Waals surface area contributed by atoms with E-state index in [4.69, 9.17) is 13.9 Å². The molecule has 1 aromatic carbocycles. The molecule has 0 radical (unpaired) electrons. The van der Waals surface area contributed by atoms with E-state index in [-0.39, 0.29) is 0 Å². The fraction of sp³-hybridized carbons (Fsp3) is 0.429. The van der Waals surface area contributed by atoms with Gasteiger partial charge in [0.25, 0.3) is 0 Å². The van der Waals surface area contributed by atoms with Gasteiger partial charge in [-0.2, -0.15) is 4.98 Å². The zero-order chi connectivity index (χ0) is 20.6. The molecule has 0 saturated carbocycles. The Labute approximate surface area is 170 Å². The third-order valence-electron chi connectivity index (χ3n) is 4.02. The molecule has 0 bridgehead atoms. The molecule has 1 unspecified atom stereocenters. The molecule has 0 saturated heterocycles. The Morgan fingerprint density at radius 1 is 1.17 bits per heavy atom. The first-order valence-electron chi connectivity index (χ1n) is 9.80. The average molecular weight is 400 g/mol. The largest absolute Gasteiger partial charge is 0.463 e. The summed E-state index contributed by atoms with van der Waals surface area (Å²) in [6, 6.07) is 11.6. The van der Waals surface area contributed by atoms with Crippen LogP contribution in [0.15, 0.2) is 47.1 Å². The zero-order valence-corrected chi connectivity index (χ0v) is 17.0. The van der Waals surface area contributed by atoms with Crippen LogP contribution in [0.1, 0.15) is 20.8 Å². The van der Waals surface area contributed by atoms with Crippen LogP contribution in [0.3, 0.4) is 0 Å². The molecule has 0 aliphatic heterocycles. The van der Waals surface area contributed by atoms with Gasteiger partial charge in [-0.3, -0.25) is 0 Å². The van der Waals surface area contributed by atoms with E-state index in [1.165, 1.54) is 0 Å². The summed E-state index contributed by atoms with van der Waals surface area (Å²) in [6.45, 7) is 7.89. The highest BCUT2D eigenvalue weighted by molar-refractivity contribution is 5.54. The first kappa shape index (κ1) is 20.9. The SMILES string of the molecule is CCOc1nc(-c2ccco2)n(-c2ccc(NCC(O)COCC(C)C)cc2)n1. The molecule has 0 fully saturated rings. The highest BCUT2D eigenvalue weighted by Crippen LogP contribution is 2.24. The van der Waals surface area contributed by atoms with Gasteiger partial charge in [0.05, 0.1) is 31.3 Å². The first-order chi connectivity index (χ1) is 14.1. The minimum atomic E-state index is -0.567. The molecular weight excluding hydrogens is 372 g/mol. The van der Waals surface area contributed by atoms with Crippen molar-refractivity contribution in [3.05, 3.63) is 42.7 Å². The van der Waals surface area contributed by atoms with E-state index in [1.54, 1.807) is 17.0 Å².